The van der Waals surface area contributed by atoms with E-state index in [0.717, 1.165) is 17.8 Å². The summed E-state index contributed by atoms with van der Waals surface area (Å²) in [5.41, 5.74) is 0.0115. The van der Waals surface area contributed by atoms with Gasteiger partial charge in [-0.15, -0.1) is 5.10 Å². The number of carbonyl (C=O) groups is 3. The van der Waals surface area contributed by atoms with Crippen molar-refractivity contribution in [3.63, 3.8) is 0 Å². The zero-order chi connectivity index (χ0) is 16.5. The van der Waals surface area contributed by atoms with E-state index in [4.69, 9.17) is 5.11 Å². The maximum Gasteiger partial charge on any atom is 0.341 e. The number of hydrogen-bond acceptors (Lipinski definition) is 8. The molecule has 0 spiro atoms. The summed E-state index contributed by atoms with van der Waals surface area (Å²) in [4.78, 5) is 35.7. The topological polar surface area (TPSA) is 150 Å². The fourth-order valence-corrected chi connectivity index (χ4v) is 3.05. The standard InChI is InChI=1S/C9H11N5O6S2/c1-22(19,20)14-3-2-13(9(14)18)8(17)10-6(7(15)16)5-4-21-12-11-5/h4,6H,2-3H2,1H3,(H,10,17)(H,15,16). The molecule has 13 heteroatoms. The Labute approximate surface area is 128 Å². The van der Waals surface area contributed by atoms with Gasteiger partial charge in [-0.05, 0) is 11.5 Å². The predicted molar refractivity (Wildman–Crippen MR) is 72.5 cm³/mol. The predicted octanol–water partition coefficient (Wildman–Crippen LogP) is -0.929. The number of carbonyl (C=O) groups excluding carboxylic acids is 2. The van der Waals surface area contributed by atoms with Crippen LogP contribution in [0.5, 0.6) is 0 Å². The van der Waals surface area contributed by atoms with Gasteiger partial charge in [-0.3, -0.25) is 0 Å². The molecule has 1 aromatic heterocycles. The van der Waals surface area contributed by atoms with Crippen molar-refractivity contribution in [2.24, 2.45) is 0 Å². The second kappa shape index (κ2) is 5.84. The number of sulfonamides is 1. The van der Waals surface area contributed by atoms with Crippen LogP contribution in [0.1, 0.15) is 11.7 Å². The highest BCUT2D eigenvalue weighted by Crippen LogP contribution is 2.16. The van der Waals surface area contributed by atoms with Gasteiger partial charge in [-0.1, -0.05) is 4.49 Å². The molecule has 1 unspecified atom stereocenters. The lowest BCUT2D eigenvalue weighted by Crippen LogP contribution is -2.46. The minimum Gasteiger partial charge on any atom is -0.479 e. The molecule has 1 fully saturated rings. The number of rotatable bonds is 4. The molecule has 22 heavy (non-hydrogen) atoms. The number of nitrogens with zero attached hydrogens (tertiary/aromatic N) is 4. The third kappa shape index (κ3) is 3.14. The van der Waals surface area contributed by atoms with Gasteiger partial charge in [0.2, 0.25) is 10.0 Å². The Morgan fingerprint density at radius 3 is 2.59 bits per heavy atom. The van der Waals surface area contributed by atoms with Gasteiger partial charge >= 0.3 is 18.0 Å². The molecule has 2 heterocycles. The van der Waals surface area contributed by atoms with Gasteiger partial charge in [0.25, 0.3) is 0 Å². The lowest BCUT2D eigenvalue weighted by molar-refractivity contribution is -0.139. The molecular weight excluding hydrogens is 338 g/mol. The van der Waals surface area contributed by atoms with Crippen LogP contribution in [0.2, 0.25) is 0 Å². The first-order valence-corrected chi connectivity index (χ1v) is 8.49. The molecule has 1 aliphatic heterocycles. The molecule has 2 rings (SSSR count). The van der Waals surface area contributed by atoms with E-state index >= 15 is 0 Å². The molecular formula is C9H11N5O6S2. The van der Waals surface area contributed by atoms with Gasteiger partial charge in [-0.2, -0.15) is 0 Å². The molecule has 0 aromatic carbocycles. The third-order valence-electron chi connectivity index (χ3n) is 2.80. The quantitative estimate of drug-likeness (QED) is 0.708. The first kappa shape index (κ1) is 16.1. The number of hydrogen-bond donors (Lipinski definition) is 2. The van der Waals surface area contributed by atoms with Crippen LogP contribution in [-0.2, 0) is 14.8 Å². The van der Waals surface area contributed by atoms with Crippen molar-refractivity contribution in [3.05, 3.63) is 11.1 Å². The average molecular weight is 349 g/mol. The summed E-state index contributed by atoms with van der Waals surface area (Å²) in [5.74, 6) is -1.38. The number of amides is 4. The Kier molecular flexibility index (Phi) is 4.27. The largest absolute Gasteiger partial charge is 0.479 e. The Bertz CT molecular complexity index is 702. The van der Waals surface area contributed by atoms with Crippen molar-refractivity contribution in [2.45, 2.75) is 6.04 Å². The highest BCUT2D eigenvalue weighted by Gasteiger charge is 2.39. The van der Waals surface area contributed by atoms with Crippen LogP contribution in [0.4, 0.5) is 9.59 Å². The van der Waals surface area contributed by atoms with Gasteiger partial charge < -0.3 is 10.4 Å². The summed E-state index contributed by atoms with van der Waals surface area (Å²) in [7, 11) is -3.78. The second-order valence-corrected chi connectivity index (χ2v) is 6.84. The zero-order valence-electron chi connectivity index (χ0n) is 11.2. The molecule has 0 saturated carbocycles. The lowest BCUT2D eigenvalue weighted by atomic mass is 10.2. The molecule has 120 valence electrons. The van der Waals surface area contributed by atoms with E-state index in [1.54, 1.807) is 0 Å². The van der Waals surface area contributed by atoms with Crippen molar-refractivity contribution >= 4 is 39.6 Å². The minimum atomic E-state index is -3.78. The molecule has 1 saturated heterocycles. The highest BCUT2D eigenvalue weighted by molar-refractivity contribution is 7.88. The third-order valence-corrected chi connectivity index (χ3v) is 4.47. The van der Waals surface area contributed by atoms with E-state index in [1.165, 1.54) is 5.38 Å². The smallest absolute Gasteiger partial charge is 0.341 e. The number of aromatic nitrogens is 2. The van der Waals surface area contributed by atoms with E-state index in [-0.39, 0.29) is 18.8 Å². The van der Waals surface area contributed by atoms with Crippen molar-refractivity contribution in [1.29, 1.82) is 0 Å². The highest BCUT2D eigenvalue weighted by atomic mass is 32.2. The second-order valence-electron chi connectivity index (χ2n) is 4.32. The Hall–Kier alpha value is -2.28. The Balaban J connectivity index is 2.12. The zero-order valence-corrected chi connectivity index (χ0v) is 12.8. The molecule has 11 nitrogen and oxygen atoms in total. The minimum absolute atomic E-state index is 0.0115. The fraction of sp³-hybridized carbons (Fsp3) is 0.444. The molecule has 2 N–H and O–H groups in total. The monoisotopic (exact) mass is 349 g/mol. The van der Waals surface area contributed by atoms with Crippen molar-refractivity contribution in [2.75, 3.05) is 19.3 Å². The van der Waals surface area contributed by atoms with Crippen molar-refractivity contribution < 1.29 is 27.9 Å². The van der Waals surface area contributed by atoms with Gasteiger partial charge in [0, 0.05) is 5.38 Å². The number of urea groups is 2. The number of imide groups is 1. The van der Waals surface area contributed by atoms with Crippen molar-refractivity contribution in [3.8, 4) is 0 Å². The maximum atomic E-state index is 12.0. The van der Waals surface area contributed by atoms with Crippen molar-refractivity contribution in [1.82, 2.24) is 24.1 Å². The molecule has 1 atom stereocenters. The normalized spacial score (nSPS) is 16.7. The summed E-state index contributed by atoms with van der Waals surface area (Å²) in [6.45, 7) is -0.347. The Morgan fingerprint density at radius 1 is 1.45 bits per heavy atom. The number of carboxylic acid groups (broad SMARTS) is 1. The average Bonchev–Trinajstić information content (AvgIpc) is 3.03. The van der Waals surface area contributed by atoms with Crippen LogP contribution in [0, 0.1) is 0 Å². The van der Waals surface area contributed by atoms with E-state index in [0.29, 0.717) is 9.21 Å². The van der Waals surface area contributed by atoms with Crippen LogP contribution >= 0.6 is 11.5 Å². The number of carboxylic acids is 1. The molecule has 4 amide bonds. The van der Waals surface area contributed by atoms with E-state index in [1.807, 2.05) is 0 Å². The molecule has 0 aliphatic carbocycles. The SMILES string of the molecule is CS(=O)(=O)N1CCN(C(=O)NC(C(=O)O)c2csnn2)C1=O. The molecule has 1 aliphatic rings. The van der Waals surface area contributed by atoms with Gasteiger partial charge in [0.1, 0.15) is 5.69 Å². The first-order chi connectivity index (χ1) is 10.2. The summed E-state index contributed by atoms with van der Waals surface area (Å²) < 4.78 is 26.8. The lowest BCUT2D eigenvalue weighted by Gasteiger charge is -2.18. The fourth-order valence-electron chi connectivity index (χ4n) is 1.77. The van der Waals surface area contributed by atoms with Crippen LogP contribution in [0.3, 0.4) is 0 Å². The number of nitrogens with one attached hydrogen (secondary N) is 1. The van der Waals surface area contributed by atoms with Gasteiger partial charge in [0.05, 0.1) is 19.3 Å². The molecule has 0 radical (unpaired) electrons. The summed E-state index contributed by atoms with van der Waals surface area (Å²) in [5, 5.41) is 16.1. The van der Waals surface area contributed by atoms with Gasteiger partial charge in [0.15, 0.2) is 6.04 Å². The molecule has 0 bridgehead atoms. The summed E-state index contributed by atoms with van der Waals surface area (Å²) in [6.07, 6.45) is 0.841. The first-order valence-electron chi connectivity index (χ1n) is 5.81. The Morgan fingerprint density at radius 2 is 2.14 bits per heavy atom. The number of aliphatic carboxylic acids is 1. The van der Waals surface area contributed by atoms with Crippen LogP contribution in [0.15, 0.2) is 5.38 Å². The van der Waals surface area contributed by atoms with Crippen LogP contribution in [0.25, 0.3) is 0 Å². The summed E-state index contributed by atoms with van der Waals surface area (Å²) in [6, 6.07) is -3.52. The van der Waals surface area contributed by atoms with Crippen LogP contribution < -0.4 is 5.32 Å². The van der Waals surface area contributed by atoms with E-state index in [2.05, 4.69) is 14.9 Å². The van der Waals surface area contributed by atoms with E-state index in [9.17, 15) is 22.8 Å². The summed E-state index contributed by atoms with van der Waals surface area (Å²) >= 11 is 0.905. The maximum absolute atomic E-state index is 12.0. The van der Waals surface area contributed by atoms with Crippen LogP contribution in [-0.4, -0.2) is 69.7 Å². The molecule has 1 aromatic rings. The van der Waals surface area contributed by atoms with Gasteiger partial charge in [-0.25, -0.2) is 32.0 Å². The van der Waals surface area contributed by atoms with E-state index < -0.39 is 34.1 Å².